The summed E-state index contributed by atoms with van der Waals surface area (Å²) in [6.07, 6.45) is 8.17. The standard InChI is InChI=1S/C21H29N5O2.ClH/c1-28-18-8-6-16(7-9-18)20-5-3-2-4-14-25(20)21(27)19-15-26(24-23-19)17-10-12-22-13-11-17;/h6-9,15,17,20,22H,2-5,10-14H2,1H3;1H. The first-order valence-corrected chi connectivity index (χ1v) is 10.3. The molecule has 0 bridgehead atoms. The Morgan fingerprint density at radius 3 is 2.59 bits per heavy atom. The van der Waals surface area contributed by atoms with Crippen LogP contribution in [0.4, 0.5) is 0 Å². The van der Waals surface area contributed by atoms with Crippen molar-refractivity contribution in [3.8, 4) is 5.75 Å². The van der Waals surface area contributed by atoms with Gasteiger partial charge in [-0.25, -0.2) is 4.68 Å². The number of rotatable bonds is 4. The average Bonchev–Trinajstić information content (AvgIpc) is 3.12. The SMILES string of the molecule is COc1ccc(C2CCCCCN2C(=O)c2cn(C3CCNCC3)nn2)cc1.Cl. The van der Waals surface area contributed by atoms with Gasteiger partial charge in [0.1, 0.15) is 5.75 Å². The molecule has 2 aliphatic heterocycles. The highest BCUT2D eigenvalue weighted by Gasteiger charge is 2.29. The Bertz CT molecular complexity index is 789. The number of piperidine rings is 1. The molecule has 0 radical (unpaired) electrons. The summed E-state index contributed by atoms with van der Waals surface area (Å²) in [7, 11) is 1.67. The number of amides is 1. The van der Waals surface area contributed by atoms with Crippen molar-refractivity contribution in [1.82, 2.24) is 25.2 Å². The second kappa shape index (κ2) is 10.1. The van der Waals surface area contributed by atoms with Gasteiger partial charge in [0.2, 0.25) is 0 Å². The number of nitrogens with one attached hydrogen (secondary N) is 1. The predicted octanol–water partition coefficient (Wildman–Crippen LogP) is 3.39. The summed E-state index contributed by atoms with van der Waals surface area (Å²) in [6.45, 7) is 2.73. The number of aromatic nitrogens is 3. The Morgan fingerprint density at radius 2 is 1.86 bits per heavy atom. The van der Waals surface area contributed by atoms with Crippen LogP contribution in [0.5, 0.6) is 5.75 Å². The number of hydrogen-bond acceptors (Lipinski definition) is 5. The van der Waals surface area contributed by atoms with Crippen molar-refractivity contribution in [3.05, 3.63) is 41.7 Å². The summed E-state index contributed by atoms with van der Waals surface area (Å²) in [5.74, 6) is 0.822. The first kappa shape index (κ1) is 21.6. The quantitative estimate of drug-likeness (QED) is 0.822. The molecule has 1 unspecified atom stereocenters. The van der Waals surface area contributed by atoms with Crippen molar-refractivity contribution in [2.45, 2.75) is 50.6 Å². The van der Waals surface area contributed by atoms with Crippen molar-refractivity contribution in [1.29, 1.82) is 0 Å². The van der Waals surface area contributed by atoms with E-state index >= 15 is 0 Å². The number of nitrogens with zero attached hydrogens (tertiary/aromatic N) is 4. The van der Waals surface area contributed by atoms with Crippen LogP contribution < -0.4 is 10.1 Å². The van der Waals surface area contributed by atoms with Gasteiger partial charge in [-0.05, 0) is 56.5 Å². The molecule has 1 aromatic carbocycles. The maximum absolute atomic E-state index is 13.3. The highest BCUT2D eigenvalue weighted by atomic mass is 35.5. The molecule has 0 aliphatic carbocycles. The average molecular weight is 420 g/mol. The van der Waals surface area contributed by atoms with Crippen LogP contribution >= 0.6 is 12.4 Å². The highest BCUT2D eigenvalue weighted by molar-refractivity contribution is 5.92. The van der Waals surface area contributed by atoms with Crippen LogP contribution in [0.2, 0.25) is 0 Å². The van der Waals surface area contributed by atoms with E-state index in [2.05, 4.69) is 27.8 Å². The normalized spacial score (nSPS) is 20.6. The number of carbonyl (C=O) groups is 1. The predicted molar refractivity (Wildman–Crippen MR) is 114 cm³/mol. The summed E-state index contributed by atoms with van der Waals surface area (Å²) in [6, 6.07) is 8.48. The molecule has 1 N–H and O–H groups in total. The van der Waals surface area contributed by atoms with E-state index < -0.39 is 0 Å². The Morgan fingerprint density at radius 1 is 1.10 bits per heavy atom. The topological polar surface area (TPSA) is 72.3 Å². The van der Waals surface area contributed by atoms with Gasteiger partial charge in [-0.1, -0.05) is 30.2 Å². The number of hydrogen-bond donors (Lipinski definition) is 1. The number of likely N-dealkylation sites (tertiary alicyclic amines) is 1. The molecule has 1 atom stereocenters. The number of benzene rings is 1. The van der Waals surface area contributed by atoms with Gasteiger partial charge >= 0.3 is 0 Å². The first-order chi connectivity index (χ1) is 13.8. The molecule has 2 fully saturated rings. The van der Waals surface area contributed by atoms with E-state index in [9.17, 15) is 4.79 Å². The minimum Gasteiger partial charge on any atom is -0.497 e. The van der Waals surface area contributed by atoms with Gasteiger partial charge < -0.3 is 15.0 Å². The minimum absolute atomic E-state index is 0. The number of carbonyl (C=O) groups excluding carboxylic acids is 1. The van der Waals surface area contributed by atoms with Crippen molar-refractivity contribution in [2.75, 3.05) is 26.7 Å². The zero-order chi connectivity index (χ0) is 19.3. The van der Waals surface area contributed by atoms with E-state index in [1.807, 2.05) is 27.9 Å². The summed E-state index contributed by atoms with van der Waals surface area (Å²) in [5.41, 5.74) is 1.61. The van der Waals surface area contributed by atoms with Crippen LogP contribution in [0.15, 0.2) is 30.5 Å². The van der Waals surface area contributed by atoms with Crippen LogP contribution in [0.25, 0.3) is 0 Å². The molecule has 29 heavy (non-hydrogen) atoms. The Labute approximate surface area is 178 Å². The van der Waals surface area contributed by atoms with Crippen LogP contribution in [0, 0.1) is 0 Å². The molecule has 3 heterocycles. The molecule has 0 spiro atoms. The van der Waals surface area contributed by atoms with E-state index in [4.69, 9.17) is 4.74 Å². The zero-order valence-electron chi connectivity index (χ0n) is 16.9. The smallest absolute Gasteiger partial charge is 0.276 e. The minimum atomic E-state index is -0.0112. The Hall–Kier alpha value is -2.12. The third-order valence-electron chi connectivity index (χ3n) is 5.93. The van der Waals surface area contributed by atoms with Gasteiger partial charge in [0.15, 0.2) is 5.69 Å². The number of halogens is 1. The van der Waals surface area contributed by atoms with Crippen molar-refractivity contribution in [3.63, 3.8) is 0 Å². The third-order valence-corrected chi connectivity index (χ3v) is 5.93. The molecule has 8 heteroatoms. The monoisotopic (exact) mass is 419 g/mol. The van der Waals surface area contributed by atoms with Crippen LogP contribution in [0.1, 0.15) is 66.7 Å². The van der Waals surface area contributed by atoms with Gasteiger partial charge in [-0.2, -0.15) is 0 Å². The summed E-state index contributed by atoms with van der Waals surface area (Å²) >= 11 is 0. The van der Waals surface area contributed by atoms with E-state index in [0.29, 0.717) is 11.7 Å². The lowest BCUT2D eigenvalue weighted by Crippen LogP contribution is -2.35. The molecule has 1 aromatic heterocycles. The van der Waals surface area contributed by atoms with Crippen molar-refractivity contribution >= 4 is 18.3 Å². The molecule has 4 rings (SSSR count). The fraction of sp³-hybridized carbons (Fsp3) is 0.571. The highest BCUT2D eigenvalue weighted by Crippen LogP contribution is 2.32. The lowest BCUT2D eigenvalue weighted by atomic mass is 10.0. The van der Waals surface area contributed by atoms with Crippen LogP contribution in [-0.4, -0.2) is 52.5 Å². The fourth-order valence-electron chi connectivity index (χ4n) is 4.30. The van der Waals surface area contributed by atoms with Gasteiger partial charge in [-0.15, -0.1) is 17.5 Å². The summed E-state index contributed by atoms with van der Waals surface area (Å²) < 4.78 is 7.16. The van der Waals surface area contributed by atoms with Gasteiger partial charge in [-0.3, -0.25) is 4.79 Å². The molecular formula is C21H30ClN5O2. The molecule has 2 aromatic rings. The molecule has 2 aliphatic rings. The van der Waals surface area contributed by atoms with E-state index in [1.165, 1.54) is 0 Å². The Balaban J connectivity index is 0.00000240. The third kappa shape index (κ3) is 4.90. The molecule has 0 saturated carbocycles. The fourth-order valence-corrected chi connectivity index (χ4v) is 4.30. The van der Waals surface area contributed by atoms with Crippen molar-refractivity contribution in [2.24, 2.45) is 0 Å². The summed E-state index contributed by atoms with van der Waals surface area (Å²) in [5, 5.41) is 11.9. The molecule has 7 nitrogen and oxygen atoms in total. The first-order valence-electron chi connectivity index (χ1n) is 10.3. The molecule has 1 amide bonds. The molecule has 2 saturated heterocycles. The van der Waals surface area contributed by atoms with Gasteiger partial charge in [0, 0.05) is 6.54 Å². The molecular weight excluding hydrogens is 390 g/mol. The van der Waals surface area contributed by atoms with E-state index in [0.717, 1.165) is 69.5 Å². The van der Waals surface area contributed by atoms with Crippen LogP contribution in [0.3, 0.4) is 0 Å². The maximum atomic E-state index is 13.3. The Kier molecular flexibility index (Phi) is 7.50. The van der Waals surface area contributed by atoms with E-state index in [-0.39, 0.29) is 24.4 Å². The lowest BCUT2D eigenvalue weighted by molar-refractivity contribution is 0.0674. The zero-order valence-corrected chi connectivity index (χ0v) is 17.7. The van der Waals surface area contributed by atoms with E-state index in [1.54, 1.807) is 7.11 Å². The second-order valence-electron chi connectivity index (χ2n) is 7.70. The lowest BCUT2D eigenvalue weighted by Gasteiger charge is -2.30. The van der Waals surface area contributed by atoms with Gasteiger partial charge in [0.05, 0.1) is 25.4 Å². The number of methoxy groups -OCH3 is 1. The second-order valence-corrected chi connectivity index (χ2v) is 7.70. The largest absolute Gasteiger partial charge is 0.497 e. The van der Waals surface area contributed by atoms with Crippen LogP contribution in [-0.2, 0) is 0 Å². The maximum Gasteiger partial charge on any atom is 0.276 e. The van der Waals surface area contributed by atoms with Crippen molar-refractivity contribution < 1.29 is 9.53 Å². The van der Waals surface area contributed by atoms with Gasteiger partial charge in [0.25, 0.3) is 5.91 Å². The molecule has 158 valence electrons. The number of ether oxygens (including phenoxy) is 1. The summed E-state index contributed by atoms with van der Waals surface area (Å²) in [4.78, 5) is 15.3.